The second-order valence-electron chi connectivity index (χ2n) is 4.08. The van der Waals surface area contributed by atoms with E-state index in [2.05, 4.69) is 34.2 Å². The van der Waals surface area contributed by atoms with Crippen LogP contribution in [0.15, 0.2) is 30.3 Å². The molecule has 0 saturated heterocycles. The number of fused-ring (bicyclic) bond motifs is 1. The molecule has 3 rings (SSSR count). The number of aryl methyl sites for hydroxylation is 2. The van der Waals surface area contributed by atoms with E-state index in [1.54, 1.807) is 4.80 Å². The molecule has 0 aliphatic heterocycles. The van der Waals surface area contributed by atoms with Gasteiger partial charge < -0.3 is 4.98 Å². The average molecular weight is 226 g/mol. The van der Waals surface area contributed by atoms with Crippen molar-refractivity contribution >= 4 is 11.2 Å². The van der Waals surface area contributed by atoms with E-state index in [1.165, 1.54) is 5.56 Å². The molecule has 0 radical (unpaired) electrons. The number of benzene rings is 1. The normalized spacial score (nSPS) is 11.2. The second kappa shape index (κ2) is 3.73. The van der Waals surface area contributed by atoms with Gasteiger partial charge in [0.05, 0.1) is 6.54 Å². The zero-order valence-electron chi connectivity index (χ0n) is 9.94. The number of nitrogens with one attached hydrogen (secondary N) is 1. The monoisotopic (exact) mass is 226 g/mol. The van der Waals surface area contributed by atoms with Crippen molar-refractivity contribution in [2.45, 2.75) is 20.4 Å². The SMILES string of the molecule is CCn1nc2[nH]c(C)c(-c3ccccc3)c2n1. The lowest BCUT2D eigenvalue weighted by Gasteiger charge is -1.99. The Morgan fingerprint density at radius 1 is 1.18 bits per heavy atom. The van der Waals surface area contributed by atoms with E-state index in [9.17, 15) is 0 Å². The van der Waals surface area contributed by atoms with Crippen molar-refractivity contribution in [2.75, 3.05) is 0 Å². The van der Waals surface area contributed by atoms with Gasteiger partial charge in [-0.05, 0) is 19.4 Å². The fourth-order valence-electron chi connectivity index (χ4n) is 2.12. The number of aromatic nitrogens is 4. The first-order valence-corrected chi connectivity index (χ1v) is 5.78. The standard InChI is InChI=1S/C13H14N4/c1-3-17-15-12-11(9(2)14-13(12)16-17)10-7-5-4-6-8-10/h4-8H,3H2,1-2H3,(H,14,16). The molecule has 0 unspecified atom stereocenters. The lowest BCUT2D eigenvalue weighted by Crippen LogP contribution is -1.98. The van der Waals surface area contributed by atoms with Crippen LogP contribution in [0.1, 0.15) is 12.6 Å². The predicted molar refractivity (Wildman–Crippen MR) is 67.7 cm³/mol. The topological polar surface area (TPSA) is 46.5 Å². The highest BCUT2D eigenvalue weighted by atomic mass is 15.5. The molecule has 0 fully saturated rings. The minimum atomic E-state index is 0.787. The summed E-state index contributed by atoms with van der Waals surface area (Å²) >= 11 is 0. The molecular weight excluding hydrogens is 212 g/mol. The fraction of sp³-hybridized carbons (Fsp3) is 0.231. The first-order chi connectivity index (χ1) is 8.29. The first-order valence-electron chi connectivity index (χ1n) is 5.78. The van der Waals surface area contributed by atoms with Crippen LogP contribution in [-0.4, -0.2) is 20.0 Å². The van der Waals surface area contributed by atoms with Crippen LogP contribution in [0.25, 0.3) is 22.3 Å². The molecule has 0 saturated carbocycles. The van der Waals surface area contributed by atoms with Gasteiger partial charge in [0.15, 0.2) is 5.65 Å². The Morgan fingerprint density at radius 2 is 1.94 bits per heavy atom. The van der Waals surface area contributed by atoms with Gasteiger partial charge >= 0.3 is 0 Å². The van der Waals surface area contributed by atoms with Crippen molar-refractivity contribution in [3.05, 3.63) is 36.0 Å². The van der Waals surface area contributed by atoms with Gasteiger partial charge in [-0.1, -0.05) is 30.3 Å². The van der Waals surface area contributed by atoms with E-state index in [0.29, 0.717) is 0 Å². The van der Waals surface area contributed by atoms with Crippen LogP contribution in [0.3, 0.4) is 0 Å². The maximum atomic E-state index is 4.50. The van der Waals surface area contributed by atoms with Gasteiger partial charge in [0.1, 0.15) is 5.52 Å². The van der Waals surface area contributed by atoms with Gasteiger partial charge in [-0.15, -0.1) is 5.10 Å². The molecule has 3 aromatic rings. The highest BCUT2D eigenvalue weighted by Gasteiger charge is 2.14. The van der Waals surface area contributed by atoms with Gasteiger partial charge in [-0.3, -0.25) is 0 Å². The van der Waals surface area contributed by atoms with Crippen LogP contribution in [0.4, 0.5) is 0 Å². The average Bonchev–Trinajstić information content (AvgIpc) is 2.86. The third kappa shape index (κ3) is 1.53. The maximum Gasteiger partial charge on any atom is 0.180 e. The van der Waals surface area contributed by atoms with E-state index >= 15 is 0 Å². The van der Waals surface area contributed by atoms with Gasteiger partial charge in [0.25, 0.3) is 0 Å². The second-order valence-corrected chi connectivity index (χ2v) is 4.08. The summed E-state index contributed by atoms with van der Waals surface area (Å²) in [6.07, 6.45) is 0. The Bertz CT molecular complexity index is 649. The predicted octanol–water partition coefficient (Wildman–Crippen LogP) is 2.75. The molecule has 0 aliphatic carbocycles. The molecule has 0 aliphatic rings. The molecule has 86 valence electrons. The number of aromatic amines is 1. The Morgan fingerprint density at radius 3 is 2.65 bits per heavy atom. The Kier molecular flexibility index (Phi) is 2.21. The zero-order valence-corrected chi connectivity index (χ0v) is 9.94. The molecule has 0 spiro atoms. The molecule has 4 heteroatoms. The van der Waals surface area contributed by atoms with Crippen LogP contribution < -0.4 is 0 Å². The van der Waals surface area contributed by atoms with Crippen molar-refractivity contribution in [3.63, 3.8) is 0 Å². The van der Waals surface area contributed by atoms with E-state index in [1.807, 2.05) is 25.1 Å². The summed E-state index contributed by atoms with van der Waals surface area (Å²) < 4.78 is 0. The van der Waals surface area contributed by atoms with Crippen molar-refractivity contribution in [3.8, 4) is 11.1 Å². The summed E-state index contributed by atoms with van der Waals surface area (Å²) in [4.78, 5) is 5.00. The van der Waals surface area contributed by atoms with Crippen LogP contribution in [0, 0.1) is 6.92 Å². The van der Waals surface area contributed by atoms with E-state index in [-0.39, 0.29) is 0 Å². The third-order valence-corrected chi connectivity index (χ3v) is 2.92. The summed E-state index contributed by atoms with van der Waals surface area (Å²) in [5.41, 5.74) is 5.27. The van der Waals surface area contributed by atoms with Gasteiger partial charge in [-0.25, -0.2) is 0 Å². The zero-order chi connectivity index (χ0) is 11.8. The summed E-state index contributed by atoms with van der Waals surface area (Å²) in [7, 11) is 0. The minimum Gasteiger partial charge on any atom is -0.340 e. The van der Waals surface area contributed by atoms with E-state index < -0.39 is 0 Å². The van der Waals surface area contributed by atoms with Gasteiger partial charge in [-0.2, -0.15) is 9.90 Å². The third-order valence-electron chi connectivity index (χ3n) is 2.92. The summed E-state index contributed by atoms with van der Waals surface area (Å²) in [6.45, 7) is 4.88. The molecule has 0 bridgehead atoms. The number of rotatable bonds is 2. The van der Waals surface area contributed by atoms with Crippen LogP contribution in [-0.2, 0) is 6.54 Å². The van der Waals surface area contributed by atoms with Crippen molar-refractivity contribution in [2.24, 2.45) is 0 Å². The summed E-state index contributed by atoms with van der Waals surface area (Å²) in [5, 5.41) is 8.89. The maximum absolute atomic E-state index is 4.50. The van der Waals surface area contributed by atoms with Gasteiger partial charge in [0, 0.05) is 11.3 Å². The first kappa shape index (κ1) is 10.1. The Hall–Kier alpha value is -2.10. The molecular formula is C13H14N4. The number of nitrogens with zero attached hydrogens (tertiary/aromatic N) is 3. The number of H-pyrrole nitrogens is 1. The molecule has 0 atom stereocenters. The lowest BCUT2D eigenvalue weighted by atomic mass is 10.1. The van der Waals surface area contributed by atoms with Crippen LogP contribution in [0.5, 0.6) is 0 Å². The molecule has 1 aromatic carbocycles. The quantitative estimate of drug-likeness (QED) is 0.730. The lowest BCUT2D eigenvalue weighted by molar-refractivity contribution is 0.576. The van der Waals surface area contributed by atoms with Crippen molar-refractivity contribution in [1.29, 1.82) is 0 Å². The highest BCUT2D eigenvalue weighted by Crippen LogP contribution is 2.29. The molecule has 2 aromatic heterocycles. The smallest absolute Gasteiger partial charge is 0.180 e. The van der Waals surface area contributed by atoms with Crippen molar-refractivity contribution < 1.29 is 0 Å². The summed E-state index contributed by atoms with van der Waals surface area (Å²) in [6, 6.07) is 10.3. The Labute approximate surface area is 99.3 Å². The van der Waals surface area contributed by atoms with Crippen molar-refractivity contribution in [1.82, 2.24) is 20.0 Å². The minimum absolute atomic E-state index is 0.787. The molecule has 0 amide bonds. The highest BCUT2D eigenvalue weighted by molar-refractivity contribution is 5.92. The molecule has 2 heterocycles. The summed E-state index contributed by atoms with van der Waals surface area (Å²) in [5.74, 6) is 0. The molecule has 4 nitrogen and oxygen atoms in total. The number of hydrogen-bond donors (Lipinski definition) is 1. The largest absolute Gasteiger partial charge is 0.340 e. The van der Waals surface area contributed by atoms with Crippen LogP contribution in [0.2, 0.25) is 0 Å². The molecule has 17 heavy (non-hydrogen) atoms. The van der Waals surface area contributed by atoms with E-state index in [0.717, 1.165) is 29.0 Å². The van der Waals surface area contributed by atoms with E-state index in [4.69, 9.17) is 0 Å². The molecule has 1 N–H and O–H groups in total. The number of hydrogen-bond acceptors (Lipinski definition) is 2. The fourth-order valence-corrected chi connectivity index (χ4v) is 2.12. The van der Waals surface area contributed by atoms with Gasteiger partial charge in [0.2, 0.25) is 0 Å². The van der Waals surface area contributed by atoms with Crippen LogP contribution >= 0.6 is 0 Å². The Balaban J connectivity index is 2.27.